The minimum Gasteiger partial charge on any atom is -0.379 e. The van der Waals surface area contributed by atoms with Crippen LogP contribution in [0.25, 0.3) is 0 Å². The third kappa shape index (κ3) is 3.54. The van der Waals surface area contributed by atoms with Gasteiger partial charge in [-0.25, -0.2) is 0 Å². The van der Waals surface area contributed by atoms with Crippen LogP contribution in [0.15, 0.2) is 47.4 Å². The van der Waals surface area contributed by atoms with E-state index in [0.29, 0.717) is 6.04 Å². The second-order valence-electron chi connectivity index (χ2n) is 4.95. The van der Waals surface area contributed by atoms with Gasteiger partial charge in [-0.05, 0) is 62.4 Å². The SMILES string of the molecule is CSc1ccc(NC(C)c2ccc(C)cc2C)cc1. The van der Waals surface area contributed by atoms with Crippen molar-refractivity contribution in [2.45, 2.75) is 31.7 Å². The van der Waals surface area contributed by atoms with Crippen LogP contribution in [0.4, 0.5) is 5.69 Å². The van der Waals surface area contributed by atoms with Crippen LogP contribution in [-0.2, 0) is 0 Å². The van der Waals surface area contributed by atoms with E-state index in [-0.39, 0.29) is 0 Å². The average Bonchev–Trinajstić information content (AvgIpc) is 2.39. The standard InChI is InChI=1S/C17H21NS/c1-12-5-10-17(13(2)11-12)14(3)18-15-6-8-16(19-4)9-7-15/h5-11,14,18H,1-4H3. The van der Waals surface area contributed by atoms with Crippen molar-refractivity contribution in [2.24, 2.45) is 0 Å². The molecular formula is C17H21NS. The van der Waals surface area contributed by atoms with Gasteiger partial charge >= 0.3 is 0 Å². The lowest BCUT2D eigenvalue weighted by Gasteiger charge is -2.18. The Hall–Kier alpha value is -1.41. The first-order valence-electron chi connectivity index (χ1n) is 6.58. The fourth-order valence-corrected chi connectivity index (χ4v) is 2.73. The van der Waals surface area contributed by atoms with Gasteiger partial charge in [0.25, 0.3) is 0 Å². The normalized spacial score (nSPS) is 12.2. The molecule has 0 aliphatic carbocycles. The van der Waals surface area contributed by atoms with Crippen LogP contribution in [-0.4, -0.2) is 6.26 Å². The predicted octanol–water partition coefficient (Wildman–Crippen LogP) is 5.20. The van der Waals surface area contributed by atoms with E-state index in [1.165, 1.54) is 27.3 Å². The second kappa shape index (κ2) is 6.16. The summed E-state index contributed by atoms with van der Waals surface area (Å²) in [6, 6.07) is 15.6. The van der Waals surface area contributed by atoms with Gasteiger partial charge in [0, 0.05) is 16.6 Å². The quantitative estimate of drug-likeness (QED) is 0.767. The zero-order valence-corrected chi connectivity index (χ0v) is 12.8. The number of anilines is 1. The molecule has 2 rings (SSSR count). The number of rotatable bonds is 4. The molecule has 0 aliphatic rings. The van der Waals surface area contributed by atoms with E-state index in [2.05, 4.69) is 74.8 Å². The molecule has 0 saturated carbocycles. The molecule has 1 N–H and O–H groups in total. The smallest absolute Gasteiger partial charge is 0.0488 e. The minimum absolute atomic E-state index is 0.320. The molecule has 0 aromatic heterocycles. The highest BCUT2D eigenvalue weighted by atomic mass is 32.2. The van der Waals surface area contributed by atoms with Crippen molar-refractivity contribution in [2.75, 3.05) is 11.6 Å². The van der Waals surface area contributed by atoms with Gasteiger partial charge in [-0.1, -0.05) is 23.8 Å². The second-order valence-corrected chi connectivity index (χ2v) is 5.83. The monoisotopic (exact) mass is 271 g/mol. The Morgan fingerprint density at radius 2 is 1.68 bits per heavy atom. The topological polar surface area (TPSA) is 12.0 Å². The van der Waals surface area contributed by atoms with Crippen molar-refractivity contribution >= 4 is 17.4 Å². The molecule has 1 nitrogen and oxygen atoms in total. The Balaban J connectivity index is 2.13. The summed E-state index contributed by atoms with van der Waals surface area (Å²) in [5.41, 5.74) is 5.20. The molecule has 100 valence electrons. The van der Waals surface area contributed by atoms with E-state index in [9.17, 15) is 0 Å². The van der Waals surface area contributed by atoms with Crippen molar-refractivity contribution in [1.29, 1.82) is 0 Å². The molecule has 1 atom stereocenters. The first-order chi connectivity index (χ1) is 9.10. The van der Waals surface area contributed by atoms with Crippen molar-refractivity contribution < 1.29 is 0 Å². The van der Waals surface area contributed by atoms with Crippen LogP contribution in [0.2, 0.25) is 0 Å². The summed E-state index contributed by atoms with van der Waals surface area (Å²) >= 11 is 1.77. The van der Waals surface area contributed by atoms with Crippen molar-refractivity contribution in [3.8, 4) is 0 Å². The molecule has 0 saturated heterocycles. The Kier molecular flexibility index (Phi) is 4.54. The average molecular weight is 271 g/mol. The van der Waals surface area contributed by atoms with E-state index in [1.807, 2.05) is 0 Å². The third-order valence-electron chi connectivity index (χ3n) is 3.37. The van der Waals surface area contributed by atoms with Gasteiger partial charge < -0.3 is 5.32 Å². The van der Waals surface area contributed by atoms with Crippen molar-refractivity contribution in [3.05, 3.63) is 59.2 Å². The molecule has 0 fully saturated rings. The highest BCUT2D eigenvalue weighted by Crippen LogP contribution is 2.24. The van der Waals surface area contributed by atoms with Gasteiger partial charge in [-0.3, -0.25) is 0 Å². The lowest BCUT2D eigenvalue weighted by Crippen LogP contribution is -2.08. The van der Waals surface area contributed by atoms with Gasteiger partial charge in [-0.2, -0.15) is 0 Å². The first-order valence-corrected chi connectivity index (χ1v) is 7.80. The fourth-order valence-electron chi connectivity index (χ4n) is 2.33. The number of aryl methyl sites for hydroxylation is 2. The molecular weight excluding hydrogens is 250 g/mol. The number of benzene rings is 2. The van der Waals surface area contributed by atoms with Crippen molar-refractivity contribution in [1.82, 2.24) is 0 Å². The summed E-state index contributed by atoms with van der Waals surface area (Å²) in [4.78, 5) is 1.30. The minimum atomic E-state index is 0.320. The maximum atomic E-state index is 3.56. The predicted molar refractivity (Wildman–Crippen MR) is 86.2 cm³/mol. The fraction of sp³-hybridized carbons (Fsp3) is 0.294. The zero-order chi connectivity index (χ0) is 13.8. The molecule has 1 unspecified atom stereocenters. The van der Waals surface area contributed by atoms with Gasteiger partial charge in [0.15, 0.2) is 0 Å². The highest BCUT2D eigenvalue weighted by Gasteiger charge is 2.08. The van der Waals surface area contributed by atoms with E-state index in [4.69, 9.17) is 0 Å². The van der Waals surface area contributed by atoms with Crippen LogP contribution in [0.5, 0.6) is 0 Å². The lowest BCUT2D eigenvalue weighted by atomic mass is 10.00. The van der Waals surface area contributed by atoms with Gasteiger partial charge in [0.05, 0.1) is 0 Å². The van der Waals surface area contributed by atoms with Gasteiger partial charge in [-0.15, -0.1) is 11.8 Å². The molecule has 2 heteroatoms. The van der Waals surface area contributed by atoms with E-state index < -0.39 is 0 Å². The van der Waals surface area contributed by atoms with Crippen LogP contribution >= 0.6 is 11.8 Å². The van der Waals surface area contributed by atoms with Crippen LogP contribution in [0.1, 0.15) is 29.7 Å². The Bertz CT molecular complexity index is 546. The molecule has 0 radical (unpaired) electrons. The lowest BCUT2D eigenvalue weighted by molar-refractivity contribution is 0.873. The summed E-state index contributed by atoms with van der Waals surface area (Å²) in [6.07, 6.45) is 2.10. The maximum absolute atomic E-state index is 3.56. The molecule has 0 bridgehead atoms. The third-order valence-corrected chi connectivity index (χ3v) is 4.11. The van der Waals surface area contributed by atoms with Crippen LogP contribution in [0.3, 0.4) is 0 Å². The largest absolute Gasteiger partial charge is 0.379 e. The Morgan fingerprint density at radius 3 is 2.26 bits per heavy atom. The summed E-state index contributed by atoms with van der Waals surface area (Å²) in [5.74, 6) is 0. The van der Waals surface area contributed by atoms with Crippen LogP contribution in [0, 0.1) is 13.8 Å². The van der Waals surface area contributed by atoms with Crippen LogP contribution < -0.4 is 5.32 Å². The highest BCUT2D eigenvalue weighted by molar-refractivity contribution is 7.98. The molecule has 0 heterocycles. The molecule has 2 aromatic carbocycles. The van der Waals surface area contributed by atoms with Gasteiger partial charge in [0.1, 0.15) is 0 Å². The summed E-state index contributed by atoms with van der Waals surface area (Å²) < 4.78 is 0. The van der Waals surface area contributed by atoms with Gasteiger partial charge in [0.2, 0.25) is 0 Å². The number of hydrogen-bond donors (Lipinski definition) is 1. The summed E-state index contributed by atoms with van der Waals surface area (Å²) in [5, 5.41) is 3.56. The zero-order valence-electron chi connectivity index (χ0n) is 12.0. The molecule has 19 heavy (non-hydrogen) atoms. The number of thioether (sulfide) groups is 1. The molecule has 0 spiro atoms. The number of nitrogens with one attached hydrogen (secondary N) is 1. The first kappa shape index (κ1) is 14.0. The summed E-state index contributed by atoms with van der Waals surface area (Å²) in [6.45, 7) is 6.52. The molecule has 0 aliphatic heterocycles. The Morgan fingerprint density at radius 1 is 1.00 bits per heavy atom. The van der Waals surface area contributed by atoms with E-state index >= 15 is 0 Å². The molecule has 0 amide bonds. The number of hydrogen-bond acceptors (Lipinski definition) is 2. The summed E-state index contributed by atoms with van der Waals surface area (Å²) in [7, 11) is 0. The van der Waals surface area contributed by atoms with E-state index in [0.717, 1.165) is 0 Å². The maximum Gasteiger partial charge on any atom is 0.0488 e. The molecule has 2 aromatic rings. The van der Waals surface area contributed by atoms with E-state index in [1.54, 1.807) is 11.8 Å². The Labute approximate surface area is 120 Å². The van der Waals surface area contributed by atoms with Crippen molar-refractivity contribution in [3.63, 3.8) is 0 Å².